The van der Waals surface area contributed by atoms with Crippen LogP contribution in [0.1, 0.15) is 24.2 Å². The Bertz CT molecular complexity index is 420. The molecule has 0 fully saturated rings. The maximum Gasteiger partial charge on any atom is 0.251 e. The smallest absolute Gasteiger partial charge is 0.251 e. The first kappa shape index (κ1) is 15.2. The summed E-state index contributed by atoms with van der Waals surface area (Å²) in [7, 11) is 0. The minimum absolute atomic E-state index is 0.0844. The van der Waals surface area contributed by atoms with Gasteiger partial charge in [-0.15, -0.1) is 0 Å². The molecule has 0 aliphatic heterocycles. The Morgan fingerprint density at radius 3 is 2.47 bits per heavy atom. The molecule has 0 aromatic heterocycles. The van der Waals surface area contributed by atoms with Gasteiger partial charge < -0.3 is 15.3 Å². The zero-order valence-corrected chi connectivity index (χ0v) is 11.3. The SMILES string of the molecule is CCN(CCO)C(=O)C(C)NC(=O)c1ccccc1. The van der Waals surface area contributed by atoms with Crippen LogP contribution >= 0.6 is 0 Å². The second-order valence-corrected chi connectivity index (χ2v) is 4.20. The molecule has 5 heteroatoms. The molecule has 1 rings (SSSR count). The molecule has 1 atom stereocenters. The average Bonchev–Trinajstić information content (AvgIpc) is 2.44. The number of carbonyl (C=O) groups is 2. The van der Waals surface area contributed by atoms with Crippen molar-refractivity contribution >= 4 is 11.8 Å². The van der Waals surface area contributed by atoms with E-state index >= 15 is 0 Å². The van der Waals surface area contributed by atoms with Gasteiger partial charge in [0, 0.05) is 18.7 Å². The summed E-state index contributed by atoms with van der Waals surface area (Å²) in [6.07, 6.45) is 0. The summed E-state index contributed by atoms with van der Waals surface area (Å²) in [4.78, 5) is 25.4. The zero-order chi connectivity index (χ0) is 14.3. The van der Waals surface area contributed by atoms with Crippen LogP contribution in [0.25, 0.3) is 0 Å². The number of carbonyl (C=O) groups excluding carboxylic acids is 2. The van der Waals surface area contributed by atoms with E-state index in [0.717, 1.165) is 0 Å². The number of nitrogens with zero attached hydrogens (tertiary/aromatic N) is 1. The van der Waals surface area contributed by atoms with E-state index in [2.05, 4.69) is 5.32 Å². The Kier molecular flexibility index (Phi) is 6.02. The van der Waals surface area contributed by atoms with Gasteiger partial charge in [0.25, 0.3) is 5.91 Å². The van der Waals surface area contributed by atoms with Crippen LogP contribution in [0.2, 0.25) is 0 Å². The number of hydrogen-bond acceptors (Lipinski definition) is 3. The van der Waals surface area contributed by atoms with Crippen LogP contribution in [-0.4, -0.2) is 47.6 Å². The molecule has 2 amide bonds. The summed E-state index contributed by atoms with van der Waals surface area (Å²) in [6, 6.07) is 8.14. The molecule has 0 heterocycles. The molecule has 0 saturated carbocycles. The third-order valence-corrected chi connectivity index (χ3v) is 2.82. The van der Waals surface area contributed by atoms with Gasteiger partial charge in [-0.05, 0) is 26.0 Å². The van der Waals surface area contributed by atoms with E-state index in [4.69, 9.17) is 5.11 Å². The molecule has 104 valence electrons. The van der Waals surface area contributed by atoms with E-state index in [1.54, 1.807) is 31.2 Å². The average molecular weight is 264 g/mol. The number of amides is 2. The summed E-state index contributed by atoms with van der Waals surface area (Å²) in [5, 5.41) is 11.5. The zero-order valence-electron chi connectivity index (χ0n) is 11.3. The number of aliphatic hydroxyl groups excluding tert-OH is 1. The second-order valence-electron chi connectivity index (χ2n) is 4.20. The van der Waals surface area contributed by atoms with Crippen LogP contribution < -0.4 is 5.32 Å². The van der Waals surface area contributed by atoms with Crippen molar-refractivity contribution < 1.29 is 14.7 Å². The first-order valence-electron chi connectivity index (χ1n) is 6.35. The molecule has 5 nitrogen and oxygen atoms in total. The van der Waals surface area contributed by atoms with Gasteiger partial charge in [-0.3, -0.25) is 9.59 Å². The van der Waals surface area contributed by atoms with Crippen molar-refractivity contribution in [3.63, 3.8) is 0 Å². The maximum atomic E-state index is 12.0. The highest BCUT2D eigenvalue weighted by Gasteiger charge is 2.20. The lowest BCUT2D eigenvalue weighted by molar-refractivity contribution is -0.133. The van der Waals surface area contributed by atoms with Gasteiger partial charge in [0.1, 0.15) is 6.04 Å². The molecular weight excluding hydrogens is 244 g/mol. The number of nitrogens with one attached hydrogen (secondary N) is 1. The highest BCUT2D eigenvalue weighted by Crippen LogP contribution is 2.01. The predicted molar refractivity (Wildman–Crippen MR) is 72.7 cm³/mol. The fourth-order valence-corrected chi connectivity index (χ4v) is 1.75. The Labute approximate surface area is 113 Å². The minimum atomic E-state index is -0.612. The third kappa shape index (κ3) is 4.37. The number of likely N-dealkylation sites (N-methyl/N-ethyl adjacent to an activating group) is 1. The van der Waals surface area contributed by atoms with Gasteiger partial charge in [-0.1, -0.05) is 18.2 Å². The number of aliphatic hydroxyl groups is 1. The van der Waals surface area contributed by atoms with Crippen LogP contribution in [-0.2, 0) is 4.79 Å². The van der Waals surface area contributed by atoms with Crippen LogP contribution in [0.5, 0.6) is 0 Å². The summed E-state index contributed by atoms with van der Waals surface area (Å²) in [6.45, 7) is 4.17. The van der Waals surface area contributed by atoms with Crippen molar-refractivity contribution in [2.24, 2.45) is 0 Å². The van der Waals surface area contributed by atoms with E-state index in [0.29, 0.717) is 12.1 Å². The topological polar surface area (TPSA) is 69.6 Å². The fraction of sp³-hybridized carbons (Fsp3) is 0.429. The standard InChI is InChI=1S/C14H20N2O3/c1-3-16(9-10-17)14(19)11(2)15-13(18)12-7-5-4-6-8-12/h4-8,11,17H,3,9-10H2,1-2H3,(H,15,18). The number of hydrogen-bond donors (Lipinski definition) is 2. The molecule has 1 aromatic rings. The normalized spacial score (nSPS) is 11.7. The van der Waals surface area contributed by atoms with Gasteiger partial charge in [0.2, 0.25) is 5.91 Å². The molecule has 19 heavy (non-hydrogen) atoms. The van der Waals surface area contributed by atoms with Crippen LogP contribution in [0.15, 0.2) is 30.3 Å². The van der Waals surface area contributed by atoms with Crippen LogP contribution in [0.4, 0.5) is 0 Å². The Morgan fingerprint density at radius 2 is 1.95 bits per heavy atom. The Balaban J connectivity index is 2.61. The lowest BCUT2D eigenvalue weighted by Crippen LogP contribution is -2.47. The van der Waals surface area contributed by atoms with Crippen molar-refractivity contribution in [1.29, 1.82) is 0 Å². The summed E-state index contributed by atoms with van der Waals surface area (Å²) >= 11 is 0. The van der Waals surface area contributed by atoms with Crippen LogP contribution in [0, 0.1) is 0 Å². The number of rotatable bonds is 6. The summed E-state index contributed by atoms with van der Waals surface area (Å²) in [5.74, 6) is -0.470. The Morgan fingerprint density at radius 1 is 1.32 bits per heavy atom. The van der Waals surface area contributed by atoms with E-state index < -0.39 is 6.04 Å². The van der Waals surface area contributed by atoms with Crippen molar-refractivity contribution in [3.8, 4) is 0 Å². The lowest BCUT2D eigenvalue weighted by Gasteiger charge is -2.24. The fourth-order valence-electron chi connectivity index (χ4n) is 1.75. The van der Waals surface area contributed by atoms with Crippen molar-refractivity contribution in [3.05, 3.63) is 35.9 Å². The first-order chi connectivity index (χ1) is 9.10. The molecule has 1 unspecified atom stereocenters. The monoisotopic (exact) mass is 264 g/mol. The Hall–Kier alpha value is -1.88. The van der Waals surface area contributed by atoms with E-state index in [9.17, 15) is 9.59 Å². The minimum Gasteiger partial charge on any atom is -0.395 e. The van der Waals surface area contributed by atoms with Crippen molar-refractivity contribution in [1.82, 2.24) is 10.2 Å². The number of benzene rings is 1. The lowest BCUT2D eigenvalue weighted by atomic mass is 10.2. The molecular formula is C14H20N2O3. The summed E-state index contributed by atoms with van der Waals surface area (Å²) in [5.41, 5.74) is 0.521. The van der Waals surface area contributed by atoms with Gasteiger partial charge in [0.15, 0.2) is 0 Å². The molecule has 1 aromatic carbocycles. The molecule has 0 saturated heterocycles. The third-order valence-electron chi connectivity index (χ3n) is 2.82. The van der Waals surface area contributed by atoms with E-state index in [-0.39, 0.29) is 25.0 Å². The molecule has 2 N–H and O–H groups in total. The summed E-state index contributed by atoms with van der Waals surface area (Å²) < 4.78 is 0. The van der Waals surface area contributed by atoms with E-state index in [1.165, 1.54) is 4.90 Å². The van der Waals surface area contributed by atoms with Crippen molar-refractivity contribution in [2.45, 2.75) is 19.9 Å². The highest BCUT2D eigenvalue weighted by molar-refractivity contribution is 5.97. The largest absolute Gasteiger partial charge is 0.395 e. The second kappa shape index (κ2) is 7.53. The molecule has 0 radical (unpaired) electrons. The molecule has 0 aliphatic carbocycles. The van der Waals surface area contributed by atoms with Gasteiger partial charge in [-0.2, -0.15) is 0 Å². The maximum absolute atomic E-state index is 12.0. The molecule has 0 spiro atoms. The first-order valence-corrected chi connectivity index (χ1v) is 6.35. The van der Waals surface area contributed by atoms with Gasteiger partial charge in [0.05, 0.1) is 6.61 Å². The van der Waals surface area contributed by atoms with Gasteiger partial charge >= 0.3 is 0 Å². The van der Waals surface area contributed by atoms with Gasteiger partial charge in [-0.25, -0.2) is 0 Å². The highest BCUT2D eigenvalue weighted by atomic mass is 16.3. The van der Waals surface area contributed by atoms with E-state index in [1.807, 2.05) is 13.0 Å². The van der Waals surface area contributed by atoms with Crippen LogP contribution in [0.3, 0.4) is 0 Å². The molecule has 0 bridgehead atoms. The van der Waals surface area contributed by atoms with Crippen molar-refractivity contribution in [2.75, 3.05) is 19.7 Å². The predicted octanol–water partition coefficient (Wildman–Crippen LogP) is 0.646. The molecule has 0 aliphatic rings. The quantitative estimate of drug-likeness (QED) is 0.792.